The number of benzene rings is 3. The van der Waals surface area contributed by atoms with Gasteiger partial charge >= 0.3 is 22.5 Å². The first-order chi connectivity index (χ1) is 20.3. The quantitative estimate of drug-likeness (QED) is 0.151. The highest BCUT2D eigenvalue weighted by Crippen LogP contribution is 2.33. The number of aromatic amines is 1. The molecule has 226 valence electrons. The molecule has 0 saturated carbocycles. The van der Waals surface area contributed by atoms with Gasteiger partial charge in [-0.2, -0.15) is 13.0 Å². The highest BCUT2D eigenvalue weighted by molar-refractivity contribution is 9.10. The summed E-state index contributed by atoms with van der Waals surface area (Å²) in [5.41, 5.74) is 6.56. The van der Waals surface area contributed by atoms with Gasteiger partial charge in [-0.05, 0) is 96.2 Å². The van der Waals surface area contributed by atoms with Crippen LogP contribution in [0.1, 0.15) is 48.7 Å². The monoisotopic (exact) mass is 684 g/mol. The number of hydrogen-bond donors (Lipinski definition) is 3. The number of halogens is 1. The predicted molar refractivity (Wildman–Crippen MR) is 176 cm³/mol. The average molecular weight is 686 g/mol. The van der Waals surface area contributed by atoms with E-state index in [-0.39, 0.29) is 5.41 Å². The van der Waals surface area contributed by atoms with Crippen molar-refractivity contribution >= 4 is 55.5 Å². The van der Waals surface area contributed by atoms with Crippen LogP contribution in [0.2, 0.25) is 0 Å². The standard InChI is InChI=1S/C30H33BrN6O4S2/c1-17-8-10-19(3)24(12-17)40-42(38)35-22-14-21(28-32-29-26(31)27(30(5,6)7)33-37(29)34-28)15-23(16-22)36-43(39)41-25-13-18(2)9-11-20(25)4/h8-16,33,35-36H,1-7H3. The highest BCUT2D eigenvalue weighted by Gasteiger charge is 2.24. The lowest BCUT2D eigenvalue weighted by atomic mass is 9.92. The van der Waals surface area contributed by atoms with Gasteiger partial charge in [0.2, 0.25) is 0 Å². The van der Waals surface area contributed by atoms with E-state index in [1.54, 1.807) is 22.8 Å². The molecule has 43 heavy (non-hydrogen) atoms. The third-order valence-corrected chi connectivity index (χ3v) is 8.82. The smallest absolute Gasteiger partial charge is 0.316 e. The van der Waals surface area contributed by atoms with E-state index < -0.39 is 22.5 Å². The van der Waals surface area contributed by atoms with Gasteiger partial charge in [-0.1, -0.05) is 45.0 Å². The van der Waals surface area contributed by atoms with Gasteiger partial charge in [0.15, 0.2) is 11.5 Å². The topological polar surface area (TPSA) is 123 Å². The Labute approximate surface area is 264 Å². The van der Waals surface area contributed by atoms with Crippen molar-refractivity contribution in [2.75, 3.05) is 9.44 Å². The molecule has 0 radical (unpaired) electrons. The number of nitrogens with one attached hydrogen (secondary N) is 3. The Morgan fingerprint density at radius 1 is 0.814 bits per heavy atom. The zero-order valence-corrected chi connectivity index (χ0v) is 28.1. The Morgan fingerprint density at radius 2 is 1.33 bits per heavy atom. The molecule has 0 spiro atoms. The summed E-state index contributed by atoms with van der Waals surface area (Å²) >= 11 is -0.203. The van der Waals surface area contributed by atoms with Crippen molar-refractivity contribution in [1.29, 1.82) is 0 Å². The van der Waals surface area contributed by atoms with Crippen LogP contribution in [-0.4, -0.2) is 28.2 Å². The maximum atomic E-state index is 13.0. The molecule has 2 heterocycles. The van der Waals surface area contributed by atoms with Gasteiger partial charge in [0.05, 0.1) is 21.5 Å². The maximum absolute atomic E-state index is 13.0. The normalized spacial score (nSPS) is 13.1. The molecule has 2 unspecified atom stereocenters. The van der Waals surface area contributed by atoms with E-state index in [4.69, 9.17) is 13.4 Å². The van der Waals surface area contributed by atoms with E-state index in [0.29, 0.717) is 39.9 Å². The van der Waals surface area contributed by atoms with Gasteiger partial charge < -0.3 is 8.37 Å². The van der Waals surface area contributed by atoms with Crippen LogP contribution in [0.5, 0.6) is 11.5 Å². The first-order valence-corrected chi connectivity index (χ1v) is 16.4. The third kappa shape index (κ3) is 7.11. The van der Waals surface area contributed by atoms with Gasteiger partial charge in [0.25, 0.3) is 0 Å². The molecule has 5 rings (SSSR count). The van der Waals surface area contributed by atoms with Crippen molar-refractivity contribution in [1.82, 2.24) is 19.8 Å². The van der Waals surface area contributed by atoms with Gasteiger partial charge in [0.1, 0.15) is 11.5 Å². The van der Waals surface area contributed by atoms with E-state index in [2.05, 4.69) is 56.3 Å². The molecule has 0 bridgehead atoms. The van der Waals surface area contributed by atoms with Crippen molar-refractivity contribution < 1.29 is 16.8 Å². The van der Waals surface area contributed by atoms with Gasteiger partial charge in [-0.15, -0.1) is 5.10 Å². The van der Waals surface area contributed by atoms with Crippen molar-refractivity contribution in [3.8, 4) is 22.9 Å². The van der Waals surface area contributed by atoms with Crippen LogP contribution in [-0.2, 0) is 27.9 Å². The number of aromatic nitrogens is 4. The number of nitrogens with zero attached hydrogens (tertiary/aromatic N) is 3. The summed E-state index contributed by atoms with van der Waals surface area (Å²) in [6.07, 6.45) is 0. The van der Waals surface area contributed by atoms with Crippen LogP contribution in [0.4, 0.5) is 11.4 Å². The lowest BCUT2D eigenvalue weighted by Gasteiger charge is -2.16. The maximum Gasteiger partial charge on any atom is 0.316 e. The number of H-pyrrole nitrogens is 1. The van der Waals surface area contributed by atoms with Crippen LogP contribution in [0.3, 0.4) is 0 Å². The zero-order chi connectivity index (χ0) is 31.1. The number of aryl methyl sites for hydroxylation is 4. The summed E-state index contributed by atoms with van der Waals surface area (Å²) in [7, 11) is 0. The van der Waals surface area contributed by atoms with E-state index in [9.17, 15) is 8.42 Å². The Hall–Kier alpha value is -3.68. The lowest BCUT2D eigenvalue weighted by molar-refractivity contribution is 0.554. The summed E-state index contributed by atoms with van der Waals surface area (Å²) in [6, 6.07) is 16.5. The van der Waals surface area contributed by atoms with Gasteiger partial charge in [0, 0.05) is 11.0 Å². The first kappa shape index (κ1) is 30.8. The van der Waals surface area contributed by atoms with Gasteiger partial charge in [-0.25, -0.2) is 4.98 Å². The van der Waals surface area contributed by atoms with E-state index >= 15 is 0 Å². The third-order valence-electron chi connectivity index (χ3n) is 6.60. The molecule has 2 atom stereocenters. The molecular weight excluding hydrogens is 652 g/mol. The highest BCUT2D eigenvalue weighted by atomic mass is 79.9. The summed E-state index contributed by atoms with van der Waals surface area (Å²) < 4.78 is 45.7. The Bertz CT molecular complexity index is 1790. The largest absolute Gasteiger partial charge is 0.385 e. The molecule has 0 aliphatic rings. The number of rotatable bonds is 9. The zero-order valence-electron chi connectivity index (χ0n) is 24.9. The molecule has 2 aromatic heterocycles. The molecule has 0 fully saturated rings. The summed E-state index contributed by atoms with van der Waals surface area (Å²) in [5.74, 6) is 1.42. The van der Waals surface area contributed by atoms with Crippen molar-refractivity contribution in [2.45, 2.75) is 53.9 Å². The fraction of sp³-hybridized carbons (Fsp3) is 0.267. The predicted octanol–water partition coefficient (Wildman–Crippen LogP) is 7.16. The number of anilines is 2. The number of hydrogen-bond acceptors (Lipinski definition) is 6. The molecule has 0 aliphatic carbocycles. The van der Waals surface area contributed by atoms with Crippen molar-refractivity contribution in [2.24, 2.45) is 0 Å². The molecular formula is C30H33BrN6O4S2. The van der Waals surface area contributed by atoms with Crippen molar-refractivity contribution in [3.63, 3.8) is 0 Å². The second-order valence-electron chi connectivity index (χ2n) is 11.4. The van der Waals surface area contributed by atoms with Crippen LogP contribution in [0.15, 0.2) is 59.1 Å². The van der Waals surface area contributed by atoms with E-state index in [1.807, 2.05) is 64.1 Å². The minimum atomic E-state index is -1.93. The number of fused-ring (bicyclic) bond motifs is 1. The van der Waals surface area contributed by atoms with Gasteiger partial charge in [-0.3, -0.25) is 14.5 Å². The summed E-state index contributed by atoms with van der Waals surface area (Å²) in [4.78, 5) is 4.74. The molecule has 13 heteroatoms. The Morgan fingerprint density at radius 3 is 1.79 bits per heavy atom. The molecule has 3 aromatic carbocycles. The molecule has 0 saturated heterocycles. The van der Waals surface area contributed by atoms with Crippen molar-refractivity contribution in [3.05, 3.63) is 87.0 Å². The second kappa shape index (κ2) is 12.1. The SMILES string of the molecule is Cc1ccc(C)c(OS(=O)Nc2cc(NS(=O)Oc3cc(C)ccc3C)cc(-c3nc4c(Br)c(C(C)(C)C)[nH]n4n3)c2)c1. The Balaban J connectivity index is 1.47. The van der Waals surface area contributed by atoms with E-state index in [0.717, 1.165) is 32.4 Å². The fourth-order valence-corrected chi connectivity index (χ4v) is 6.61. The van der Waals surface area contributed by atoms with Crippen LogP contribution in [0.25, 0.3) is 17.0 Å². The van der Waals surface area contributed by atoms with Crippen LogP contribution in [0, 0.1) is 27.7 Å². The lowest BCUT2D eigenvalue weighted by Crippen LogP contribution is -2.14. The van der Waals surface area contributed by atoms with E-state index in [1.165, 1.54) is 0 Å². The summed E-state index contributed by atoms with van der Waals surface area (Å²) in [5, 5.41) is 7.94. The molecule has 3 N–H and O–H groups in total. The molecule has 10 nitrogen and oxygen atoms in total. The molecule has 0 aliphatic heterocycles. The Kier molecular flexibility index (Phi) is 8.68. The minimum absolute atomic E-state index is 0.151. The molecule has 0 amide bonds. The minimum Gasteiger partial charge on any atom is -0.385 e. The fourth-order valence-electron chi connectivity index (χ4n) is 4.28. The first-order valence-electron chi connectivity index (χ1n) is 13.4. The average Bonchev–Trinajstić information content (AvgIpc) is 3.47. The second-order valence-corrected chi connectivity index (χ2v) is 13.9. The van der Waals surface area contributed by atoms with Crippen LogP contribution < -0.4 is 17.8 Å². The summed E-state index contributed by atoms with van der Waals surface area (Å²) in [6.45, 7) is 13.9. The van der Waals surface area contributed by atoms with Crippen LogP contribution >= 0.6 is 15.9 Å². The molecule has 5 aromatic rings.